The Kier molecular flexibility index (Phi) is 2.53. The predicted molar refractivity (Wildman–Crippen MR) is 73.5 cm³/mol. The summed E-state index contributed by atoms with van der Waals surface area (Å²) >= 11 is 6.12. The van der Waals surface area contributed by atoms with Crippen LogP contribution in [0.25, 0.3) is 16.7 Å². The van der Waals surface area contributed by atoms with Crippen molar-refractivity contribution in [2.75, 3.05) is 5.73 Å². The molecule has 0 fully saturated rings. The van der Waals surface area contributed by atoms with Crippen molar-refractivity contribution >= 4 is 28.5 Å². The molecule has 0 spiro atoms. The average molecular weight is 276 g/mol. The molecule has 0 saturated carbocycles. The van der Waals surface area contributed by atoms with Gasteiger partial charge in [-0.1, -0.05) is 23.7 Å². The first-order chi connectivity index (χ1) is 9.09. The number of nitrogen functional groups attached to an aromatic ring is 1. The Hall–Kier alpha value is -2.34. The Morgan fingerprint density at radius 2 is 2.05 bits per heavy atom. The number of fused-ring (bicyclic) bond motifs is 1. The van der Waals surface area contributed by atoms with Crippen LogP contribution in [-0.4, -0.2) is 19.3 Å². The molecule has 0 aliphatic rings. The number of rotatable bonds is 1. The van der Waals surface area contributed by atoms with Crippen molar-refractivity contribution in [1.29, 1.82) is 0 Å². The first kappa shape index (κ1) is 11.7. The molecule has 0 aliphatic carbocycles. The van der Waals surface area contributed by atoms with Crippen molar-refractivity contribution in [3.8, 4) is 5.69 Å². The normalized spacial score (nSPS) is 11.1. The fourth-order valence-corrected chi connectivity index (χ4v) is 2.10. The highest BCUT2D eigenvalue weighted by Crippen LogP contribution is 2.24. The maximum absolute atomic E-state index is 11.7. The van der Waals surface area contributed by atoms with Gasteiger partial charge in [-0.15, -0.1) is 0 Å². The monoisotopic (exact) mass is 275 g/mol. The lowest BCUT2D eigenvalue weighted by Crippen LogP contribution is -2.23. The van der Waals surface area contributed by atoms with Gasteiger partial charge in [0.2, 0.25) is 0 Å². The number of hydrogen-bond donors (Lipinski definition) is 1. The molecular formula is C12H10ClN5O. The van der Waals surface area contributed by atoms with E-state index >= 15 is 0 Å². The van der Waals surface area contributed by atoms with E-state index in [-0.39, 0.29) is 0 Å². The summed E-state index contributed by atoms with van der Waals surface area (Å²) in [6.45, 7) is 0. The summed E-state index contributed by atoms with van der Waals surface area (Å²) in [5.74, 6) is 0.327. The zero-order valence-corrected chi connectivity index (χ0v) is 10.8. The van der Waals surface area contributed by atoms with Crippen LogP contribution >= 0.6 is 11.6 Å². The molecule has 0 bridgehead atoms. The summed E-state index contributed by atoms with van der Waals surface area (Å²) < 4.78 is 2.79. The Balaban J connectivity index is 2.39. The molecule has 6 nitrogen and oxygen atoms in total. The highest BCUT2D eigenvalue weighted by Gasteiger charge is 2.13. The quantitative estimate of drug-likeness (QED) is 0.727. The molecule has 0 atom stereocenters. The van der Waals surface area contributed by atoms with Gasteiger partial charge in [0.05, 0.1) is 22.3 Å². The zero-order valence-electron chi connectivity index (χ0n) is 10.0. The van der Waals surface area contributed by atoms with Gasteiger partial charge in [-0.2, -0.15) is 10.1 Å². The van der Waals surface area contributed by atoms with E-state index in [0.717, 1.165) is 0 Å². The summed E-state index contributed by atoms with van der Waals surface area (Å²) in [6.07, 6.45) is 1.57. The Morgan fingerprint density at radius 3 is 2.79 bits per heavy atom. The van der Waals surface area contributed by atoms with Crippen LogP contribution in [0, 0.1) is 0 Å². The summed E-state index contributed by atoms with van der Waals surface area (Å²) in [5.41, 5.74) is 6.50. The van der Waals surface area contributed by atoms with Crippen LogP contribution < -0.4 is 11.4 Å². The molecule has 2 N–H and O–H groups in total. The number of aromatic nitrogens is 4. The third-order valence-electron chi connectivity index (χ3n) is 2.95. The molecule has 96 valence electrons. The molecule has 0 aliphatic heterocycles. The zero-order chi connectivity index (χ0) is 13.6. The molecule has 3 aromatic rings. The van der Waals surface area contributed by atoms with Crippen LogP contribution in [0.2, 0.25) is 5.02 Å². The number of halogens is 1. The first-order valence-corrected chi connectivity index (χ1v) is 5.92. The predicted octanol–water partition coefficient (Wildman–Crippen LogP) is 1.35. The molecule has 0 radical (unpaired) electrons. The fraction of sp³-hybridized carbons (Fsp3) is 0.0833. The van der Waals surface area contributed by atoms with Crippen molar-refractivity contribution in [2.45, 2.75) is 0 Å². The molecule has 19 heavy (non-hydrogen) atoms. The molecule has 1 aromatic carbocycles. The van der Waals surface area contributed by atoms with Crippen LogP contribution in [-0.2, 0) is 7.05 Å². The van der Waals surface area contributed by atoms with Crippen LogP contribution in [0.15, 0.2) is 35.3 Å². The number of hydrogen-bond acceptors (Lipinski definition) is 4. The summed E-state index contributed by atoms with van der Waals surface area (Å²) in [6, 6.07) is 7.19. The van der Waals surface area contributed by atoms with Crippen LogP contribution in [0.1, 0.15) is 0 Å². The summed E-state index contributed by atoms with van der Waals surface area (Å²) in [7, 11) is 1.57. The number of nitrogens with zero attached hydrogens (tertiary/aromatic N) is 4. The van der Waals surface area contributed by atoms with Gasteiger partial charge in [0.1, 0.15) is 5.82 Å². The highest BCUT2D eigenvalue weighted by molar-refractivity contribution is 6.32. The summed E-state index contributed by atoms with van der Waals surface area (Å²) in [5, 5.41) is 5.34. The second-order valence-electron chi connectivity index (χ2n) is 4.08. The van der Waals surface area contributed by atoms with Crippen LogP contribution in [0.4, 0.5) is 5.82 Å². The van der Waals surface area contributed by atoms with Crippen molar-refractivity contribution in [3.05, 3.63) is 46.0 Å². The van der Waals surface area contributed by atoms with Gasteiger partial charge in [-0.05, 0) is 12.1 Å². The Bertz CT molecular complexity index is 836. The first-order valence-electron chi connectivity index (χ1n) is 5.54. The molecule has 0 unspecified atom stereocenters. The lowest BCUT2D eigenvalue weighted by molar-refractivity contribution is 0.824. The minimum atomic E-state index is -0.432. The van der Waals surface area contributed by atoms with E-state index in [2.05, 4.69) is 10.1 Å². The van der Waals surface area contributed by atoms with E-state index in [1.54, 1.807) is 25.4 Å². The second-order valence-corrected chi connectivity index (χ2v) is 4.49. The van der Waals surface area contributed by atoms with E-state index in [4.69, 9.17) is 17.3 Å². The molecule has 2 aromatic heterocycles. The largest absolute Gasteiger partial charge is 0.384 e. The van der Waals surface area contributed by atoms with Gasteiger partial charge in [-0.25, -0.2) is 9.48 Å². The number of anilines is 1. The molecule has 2 heterocycles. The molecule has 0 amide bonds. The van der Waals surface area contributed by atoms with Gasteiger partial charge < -0.3 is 5.73 Å². The minimum Gasteiger partial charge on any atom is -0.384 e. The fourth-order valence-electron chi connectivity index (χ4n) is 1.88. The van der Waals surface area contributed by atoms with Crippen molar-refractivity contribution in [3.63, 3.8) is 0 Å². The third kappa shape index (κ3) is 1.68. The SMILES string of the molecule is Cn1c(N)c2cnn(-c3ccccc3Cl)c2nc1=O. The van der Waals surface area contributed by atoms with Crippen molar-refractivity contribution in [2.24, 2.45) is 7.05 Å². The van der Waals surface area contributed by atoms with Gasteiger partial charge >= 0.3 is 5.69 Å². The Labute approximate surface area is 113 Å². The van der Waals surface area contributed by atoms with Gasteiger partial charge in [0.25, 0.3) is 0 Å². The van der Waals surface area contributed by atoms with E-state index in [1.807, 2.05) is 12.1 Å². The van der Waals surface area contributed by atoms with Gasteiger partial charge in [0, 0.05) is 7.05 Å². The van der Waals surface area contributed by atoms with E-state index < -0.39 is 5.69 Å². The van der Waals surface area contributed by atoms with Gasteiger partial charge in [0.15, 0.2) is 5.65 Å². The van der Waals surface area contributed by atoms with Crippen molar-refractivity contribution in [1.82, 2.24) is 19.3 Å². The van der Waals surface area contributed by atoms with Gasteiger partial charge in [-0.3, -0.25) is 4.57 Å². The van der Waals surface area contributed by atoms with E-state index in [0.29, 0.717) is 27.6 Å². The van der Waals surface area contributed by atoms with Crippen LogP contribution in [0.5, 0.6) is 0 Å². The van der Waals surface area contributed by atoms with E-state index in [9.17, 15) is 4.79 Å². The third-order valence-corrected chi connectivity index (χ3v) is 3.27. The smallest absolute Gasteiger partial charge is 0.350 e. The highest BCUT2D eigenvalue weighted by atomic mass is 35.5. The molecule has 0 saturated heterocycles. The number of para-hydroxylation sites is 1. The van der Waals surface area contributed by atoms with E-state index in [1.165, 1.54) is 9.25 Å². The average Bonchev–Trinajstić information content (AvgIpc) is 2.80. The standard InChI is InChI=1S/C12H10ClN5O/c1-17-10(14)7-6-15-18(11(7)16-12(17)19)9-5-3-2-4-8(9)13/h2-6H,14H2,1H3. The lowest BCUT2D eigenvalue weighted by Gasteiger charge is -2.06. The maximum atomic E-state index is 11.7. The molecule has 3 rings (SSSR count). The Morgan fingerprint density at radius 1 is 1.32 bits per heavy atom. The van der Waals surface area contributed by atoms with Crippen molar-refractivity contribution < 1.29 is 0 Å². The molecule has 7 heteroatoms. The number of nitrogens with two attached hydrogens (primary N) is 1. The van der Waals surface area contributed by atoms with Crippen LogP contribution in [0.3, 0.4) is 0 Å². The maximum Gasteiger partial charge on any atom is 0.350 e. The topological polar surface area (TPSA) is 78.7 Å². The second kappa shape index (κ2) is 4.10. The summed E-state index contributed by atoms with van der Waals surface area (Å²) in [4.78, 5) is 15.7. The lowest BCUT2D eigenvalue weighted by atomic mass is 10.3. The minimum absolute atomic E-state index is 0.327. The molecular weight excluding hydrogens is 266 g/mol. The number of benzene rings is 1.